The summed E-state index contributed by atoms with van der Waals surface area (Å²) in [6.45, 7) is 3.11. The molecule has 1 heterocycles. The van der Waals surface area contributed by atoms with Crippen molar-refractivity contribution < 1.29 is 4.79 Å². The van der Waals surface area contributed by atoms with E-state index in [1.54, 1.807) is 35.4 Å². The Labute approximate surface area is 112 Å². The van der Waals surface area contributed by atoms with Gasteiger partial charge in [-0.25, -0.2) is 0 Å². The molecular weight excluding hydrogens is 238 g/mol. The molecule has 1 amide bonds. The lowest BCUT2D eigenvalue weighted by molar-refractivity contribution is 0.0750. The van der Waals surface area contributed by atoms with E-state index in [-0.39, 0.29) is 5.91 Å². The van der Waals surface area contributed by atoms with Crippen molar-refractivity contribution in [3.63, 3.8) is 0 Å². The third-order valence-corrected chi connectivity index (χ3v) is 2.91. The highest BCUT2D eigenvalue weighted by Gasteiger charge is 2.14. The van der Waals surface area contributed by atoms with E-state index in [0.717, 1.165) is 5.69 Å². The first kappa shape index (κ1) is 13.1. The molecule has 1 aromatic heterocycles. The molecule has 0 radical (unpaired) electrons. The van der Waals surface area contributed by atoms with Gasteiger partial charge in [0.2, 0.25) is 0 Å². The lowest BCUT2D eigenvalue weighted by atomic mass is 10.1. The van der Waals surface area contributed by atoms with Crippen molar-refractivity contribution in [3.8, 4) is 0 Å². The number of rotatable bonds is 4. The lowest BCUT2D eigenvalue weighted by Gasteiger charge is -2.20. The maximum absolute atomic E-state index is 12.3. The van der Waals surface area contributed by atoms with Gasteiger partial charge in [-0.2, -0.15) is 0 Å². The van der Waals surface area contributed by atoms with Crippen molar-refractivity contribution in [2.75, 3.05) is 12.3 Å². The zero-order chi connectivity index (χ0) is 13.7. The molecule has 0 spiro atoms. The Kier molecular flexibility index (Phi) is 4.13. The van der Waals surface area contributed by atoms with Crippen molar-refractivity contribution in [3.05, 3.63) is 59.9 Å². The maximum Gasteiger partial charge on any atom is 0.254 e. The largest absolute Gasteiger partial charge is 0.399 e. The summed E-state index contributed by atoms with van der Waals surface area (Å²) >= 11 is 0. The third-order valence-electron chi connectivity index (χ3n) is 2.91. The summed E-state index contributed by atoms with van der Waals surface area (Å²) in [6, 6.07) is 12.7. The molecular formula is C15H17N3O. The average molecular weight is 255 g/mol. The van der Waals surface area contributed by atoms with Gasteiger partial charge >= 0.3 is 0 Å². The Balaban J connectivity index is 2.13. The van der Waals surface area contributed by atoms with Crippen LogP contribution in [0.5, 0.6) is 0 Å². The lowest BCUT2D eigenvalue weighted by Crippen LogP contribution is -2.30. The molecule has 98 valence electrons. The number of carbonyl (C=O) groups excluding carboxylic acids is 1. The second-order valence-electron chi connectivity index (χ2n) is 4.26. The van der Waals surface area contributed by atoms with E-state index in [1.807, 2.05) is 25.1 Å². The summed E-state index contributed by atoms with van der Waals surface area (Å²) in [5, 5.41) is 0. The van der Waals surface area contributed by atoms with Crippen LogP contribution in [-0.2, 0) is 6.54 Å². The first-order valence-electron chi connectivity index (χ1n) is 6.25. The van der Waals surface area contributed by atoms with E-state index < -0.39 is 0 Å². The van der Waals surface area contributed by atoms with Crippen LogP contribution in [0.1, 0.15) is 23.0 Å². The average Bonchev–Trinajstić information content (AvgIpc) is 2.46. The Bertz CT molecular complexity index is 537. The molecule has 2 rings (SSSR count). The van der Waals surface area contributed by atoms with Gasteiger partial charge in [0.25, 0.3) is 5.91 Å². The van der Waals surface area contributed by atoms with Gasteiger partial charge < -0.3 is 10.6 Å². The van der Waals surface area contributed by atoms with Gasteiger partial charge in [-0.15, -0.1) is 0 Å². The molecule has 0 aliphatic rings. The second-order valence-corrected chi connectivity index (χ2v) is 4.26. The van der Waals surface area contributed by atoms with Gasteiger partial charge in [-0.3, -0.25) is 9.78 Å². The predicted octanol–water partition coefficient (Wildman–Crippen LogP) is 2.33. The number of nitrogens with zero attached hydrogens (tertiary/aromatic N) is 2. The summed E-state index contributed by atoms with van der Waals surface area (Å²) < 4.78 is 0. The van der Waals surface area contributed by atoms with Crippen LogP contribution in [0.15, 0.2) is 48.7 Å². The molecule has 4 nitrogen and oxygen atoms in total. The van der Waals surface area contributed by atoms with E-state index in [0.29, 0.717) is 24.3 Å². The molecule has 4 heteroatoms. The van der Waals surface area contributed by atoms with Gasteiger partial charge in [-0.05, 0) is 43.3 Å². The fourth-order valence-electron chi connectivity index (χ4n) is 1.82. The van der Waals surface area contributed by atoms with Crippen molar-refractivity contribution in [2.24, 2.45) is 0 Å². The number of aromatic nitrogens is 1. The number of pyridine rings is 1. The van der Waals surface area contributed by atoms with Crippen LogP contribution >= 0.6 is 0 Å². The highest BCUT2D eigenvalue weighted by Crippen LogP contribution is 2.10. The first-order valence-corrected chi connectivity index (χ1v) is 6.25. The third kappa shape index (κ3) is 3.31. The van der Waals surface area contributed by atoms with Crippen LogP contribution in [0.3, 0.4) is 0 Å². The molecule has 0 unspecified atom stereocenters. The standard InChI is InChI=1S/C15H17N3O/c1-2-18(11-14-5-3-4-10-17-14)15(19)12-6-8-13(16)9-7-12/h3-10H,2,11,16H2,1H3. The highest BCUT2D eigenvalue weighted by atomic mass is 16.2. The van der Waals surface area contributed by atoms with E-state index in [9.17, 15) is 4.79 Å². The number of nitrogens with two attached hydrogens (primary N) is 1. The van der Waals surface area contributed by atoms with E-state index in [2.05, 4.69) is 4.98 Å². The number of benzene rings is 1. The minimum absolute atomic E-state index is 0.00634. The molecule has 0 saturated heterocycles. The highest BCUT2D eigenvalue weighted by molar-refractivity contribution is 5.94. The van der Waals surface area contributed by atoms with Gasteiger partial charge in [0.05, 0.1) is 12.2 Å². The summed E-state index contributed by atoms with van der Waals surface area (Å²) in [7, 11) is 0. The van der Waals surface area contributed by atoms with Gasteiger partial charge in [0.1, 0.15) is 0 Å². The maximum atomic E-state index is 12.3. The monoisotopic (exact) mass is 255 g/mol. The minimum atomic E-state index is -0.00634. The molecule has 0 aliphatic carbocycles. The zero-order valence-corrected chi connectivity index (χ0v) is 10.9. The Hall–Kier alpha value is -2.36. The van der Waals surface area contributed by atoms with Gasteiger partial charge in [0, 0.05) is 24.0 Å². The normalized spacial score (nSPS) is 10.2. The summed E-state index contributed by atoms with van der Waals surface area (Å²) in [6.07, 6.45) is 1.73. The quantitative estimate of drug-likeness (QED) is 0.853. The van der Waals surface area contributed by atoms with E-state index in [1.165, 1.54) is 0 Å². The molecule has 0 atom stereocenters. The van der Waals surface area contributed by atoms with Crippen LogP contribution in [0.25, 0.3) is 0 Å². The van der Waals surface area contributed by atoms with Crippen LogP contribution in [0.2, 0.25) is 0 Å². The number of carbonyl (C=O) groups is 1. The summed E-state index contributed by atoms with van der Waals surface area (Å²) in [4.78, 5) is 18.3. The minimum Gasteiger partial charge on any atom is -0.399 e. The SMILES string of the molecule is CCN(Cc1ccccn1)C(=O)c1ccc(N)cc1. The van der Waals surface area contributed by atoms with Crippen molar-refractivity contribution in [1.82, 2.24) is 9.88 Å². The molecule has 0 bridgehead atoms. The number of anilines is 1. The zero-order valence-electron chi connectivity index (χ0n) is 10.9. The van der Waals surface area contributed by atoms with Crippen LogP contribution in [0, 0.1) is 0 Å². The van der Waals surface area contributed by atoms with Crippen molar-refractivity contribution in [1.29, 1.82) is 0 Å². The molecule has 0 fully saturated rings. The number of nitrogen functional groups attached to an aromatic ring is 1. The fourth-order valence-corrected chi connectivity index (χ4v) is 1.82. The first-order chi connectivity index (χ1) is 9.20. The predicted molar refractivity (Wildman–Crippen MR) is 75.5 cm³/mol. The number of hydrogen-bond donors (Lipinski definition) is 1. The second kappa shape index (κ2) is 6.00. The Morgan fingerprint density at radius 3 is 2.53 bits per heavy atom. The molecule has 1 aromatic carbocycles. The molecule has 0 aliphatic heterocycles. The van der Waals surface area contributed by atoms with Crippen molar-refractivity contribution >= 4 is 11.6 Å². The molecule has 0 saturated carbocycles. The Morgan fingerprint density at radius 2 is 1.95 bits per heavy atom. The Morgan fingerprint density at radius 1 is 1.21 bits per heavy atom. The summed E-state index contributed by atoms with van der Waals surface area (Å²) in [5.74, 6) is -0.00634. The molecule has 19 heavy (non-hydrogen) atoms. The van der Waals surface area contributed by atoms with Gasteiger partial charge in [0.15, 0.2) is 0 Å². The topological polar surface area (TPSA) is 59.2 Å². The van der Waals surface area contributed by atoms with E-state index in [4.69, 9.17) is 5.73 Å². The number of amides is 1. The van der Waals surface area contributed by atoms with Crippen LogP contribution in [0.4, 0.5) is 5.69 Å². The van der Waals surface area contributed by atoms with Crippen LogP contribution < -0.4 is 5.73 Å². The van der Waals surface area contributed by atoms with E-state index >= 15 is 0 Å². The molecule has 2 N–H and O–H groups in total. The smallest absolute Gasteiger partial charge is 0.254 e. The molecule has 2 aromatic rings. The number of hydrogen-bond acceptors (Lipinski definition) is 3. The van der Waals surface area contributed by atoms with Crippen molar-refractivity contribution in [2.45, 2.75) is 13.5 Å². The fraction of sp³-hybridized carbons (Fsp3) is 0.200. The summed E-state index contributed by atoms with van der Waals surface area (Å²) in [5.41, 5.74) is 7.81. The van der Waals surface area contributed by atoms with Crippen LogP contribution in [-0.4, -0.2) is 22.3 Å². The van der Waals surface area contributed by atoms with Gasteiger partial charge in [-0.1, -0.05) is 6.07 Å².